The van der Waals surface area contributed by atoms with Crippen LogP contribution in [0.25, 0.3) is 11.1 Å². The zero-order valence-corrected chi connectivity index (χ0v) is 11.9. The van der Waals surface area contributed by atoms with Gasteiger partial charge < -0.3 is 0 Å². The van der Waals surface area contributed by atoms with Gasteiger partial charge in [0.1, 0.15) is 0 Å². The number of hydrogen-bond donors (Lipinski definition) is 0. The minimum atomic E-state index is -6.61. The van der Waals surface area contributed by atoms with Crippen LogP contribution in [0.15, 0.2) is 60.7 Å². The third-order valence-electron chi connectivity index (χ3n) is 1.88. The van der Waals surface area contributed by atoms with Crippen LogP contribution in [0.5, 0.6) is 0 Å². The molecule has 0 amide bonds. The van der Waals surface area contributed by atoms with Crippen LogP contribution in [0.4, 0.5) is 16.4 Å². The average Bonchev–Trinajstić information content (AvgIpc) is 2.29. The normalized spacial score (nSPS) is 9.78. The van der Waals surface area contributed by atoms with Gasteiger partial charge in [0.2, 0.25) is 0 Å². The highest BCUT2D eigenvalue weighted by atomic mass is 79.9. The van der Waals surface area contributed by atoms with E-state index in [0.717, 1.165) is 0 Å². The average molecular weight is 339 g/mol. The van der Waals surface area contributed by atoms with Gasteiger partial charge >= 0.3 is 9.41 Å². The third kappa shape index (κ3) is 8.02. The summed E-state index contributed by atoms with van der Waals surface area (Å²) in [6.45, 7) is 0. The molecule has 0 aromatic heterocycles. The first-order chi connectivity index (χ1) is 7.97. The second kappa shape index (κ2) is 8.05. The van der Waals surface area contributed by atoms with Crippen molar-refractivity contribution in [3.05, 3.63) is 60.7 Å². The summed E-state index contributed by atoms with van der Waals surface area (Å²) in [5.74, 6) is 0. The predicted molar refractivity (Wildman–Crippen MR) is 72.4 cm³/mol. The smallest absolute Gasteiger partial charge is 0.211 e. The van der Waals surface area contributed by atoms with Gasteiger partial charge in [-0.05, 0) is 11.1 Å². The van der Waals surface area contributed by atoms with Crippen LogP contribution in [-0.4, -0.2) is 9.41 Å². The highest BCUT2D eigenvalue weighted by Crippen LogP contribution is 2.17. The molecule has 0 bridgehead atoms. The molecule has 18 heavy (non-hydrogen) atoms. The van der Waals surface area contributed by atoms with Gasteiger partial charge in [-0.3, -0.25) is 0 Å². The van der Waals surface area contributed by atoms with E-state index in [1.807, 2.05) is 12.1 Å². The molecular weight excluding hydrogens is 328 g/mol. The van der Waals surface area contributed by atoms with Crippen LogP contribution in [0, 0.1) is 0 Å². The summed E-state index contributed by atoms with van der Waals surface area (Å²) in [6.07, 6.45) is 0. The Balaban J connectivity index is 0.000000421. The summed E-state index contributed by atoms with van der Waals surface area (Å²) in [5, 5.41) is 0. The van der Waals surface area contributed by atoms with E-state index < -0.39 is 9.41 Å². The summed E-state index contributed by atoms with van der Waals surface area (Å²) in [4.78, 5) is 0. The first-order valence-electron chi connectivity index (χ1n) is 4.83. The fourth-order valence-electron chi connectivity index (χ4n) is 1.26. The monoisotopic (exact) mass is 338 g/mol. The molecule has 6 heteroatoms. The van der Waals surface area contributed by atoms with Crippen molar-refractivity contribution in [2.45, 2.75) is 0 Å². The van der Waals surface area contributed by atoms with Crippen LogP contribution >= 0.6 is 17.0 Å². The van der Waals surface area contributed by atoms with E-state index in [2.05, 4.69) is 48.5 Å². The molecule has 0 aliphatic heterocycles. The fraction of sp³-hybridized carbons (Fsp3) is 0. The molecule has 98 valence electrons. The van der Waals surface area contributed by atoms with Crippen molar-refractivity contribution in [1.82, 2.24) is 0 Å². The molecule has 0 aliphatic carbocycles. The van der Waals surface area contributed by atoms with E-state index in [-0.39, 0.29) is 17.0 Å². The largest absolute Gasteiger partial charge is 0.844 e. The Bertz CT molecular complexity index is 387. The zero-order chi connectivity index (χ0) is 12.7. The van der Waals surface area contributed by atoms with Crippen LogP contribution in [0.1, 0.15) is 0 Å². The SMILES string of the molecule is Br.F[Si](F)(F)F.c1ccc(-c2ccccc2)cc1. The number of halogens is 5. The number of hydrogen-bond acceptors (Lipinski definition) is 0. The van der Waals surface area contributed by atoms with Crippen molar-refractivity contribution >= 4 is 26.4 Å². The van der Waals surface area contributed by atoms with Crippen LogP contribution < -0.4 is 0 Å². The Morgan fingerprint density at radius 3 is 1.00 bits per heavy atom. The van der Waals surface area contributed by atoms with Crippen molar-refractivity contribution < 1.29 is 16.4 Å². The fourth-order valence-corrected chi connectivity index (χ4v) is 1.26. The molecule has 0 spiro atoms. The molecule has 0 fully saturated rings. The lowest BCUT2D eigenvalue weighted by atomic mass is 10.1. The molecule has 0 heterocycles. The highest BCUT2D eigenvalue weighted by molar-refractivity contribution is 8.93. The summed E-state index contributed by atoms with van der Waals surface area (Å²) in [6, 6.07) is 20.8. The van der Waals surface area contributed by atoms with Gasteiger partial charge in [0.15, 0.2) is 0 Å². The summed E-state index contributed by atoms with van der Waals surface area (Å²) >= 11 is 0. The Morgan fingerprint density at radius 1 is 0.556 bits per heavy atom. The summed E-state index contributed by atoms with van der Waals surface area (Å²) < 4.78 is 39.3. The van der Waals surface area contributed by atoms with Gasteiger partial charge in [0.05, 0.1) is 0 Å². The molecule has 0 nitrogen and oxygen atoms in total. The van der Waals surface area contributed by atoms with E-state index in [9.17, 15) is 16.4 Å². The molecule has 2 aromatic rings. The minimum Gasteiger partial charge on any atom is -0.211 e. The van der Waals surface area contributed by atoms with Gasteiger partial charge in [-0.2, -0.15) is 0 Å². The van der Waals surface area contributed by atoms with Gasteiger partial charge in [0.25, 0.3) is 0 Å². The second-order valence-corrected chi connectivity index (χ2v) is 4.02. The van der Waals surface area contributed by atoms with Crippen molar-refractivity contribution in [2.24, 2.45) is 0 Å². The molecule has 2 rings (SSSR count). The van der Waals surface area contributed by atoms with E-state index in [0.29, 0.717) is 0 Å². The Kier molecular flexibility index (Phi) is 7.53. The first-order valence-corrected chi connectivity index (χ1v) is 6.34. The maximum atomic E-state index is 9.83. The maximum Gasteiger partial charge on any atom is 0.844 e. The molecule has 2 aromatic carbocycles. The van der Waals surface area contributed by atoms with Gasteiger partial charge in [-0.15, -0.1) is 17.0 Å². The molecule has 0 aliphatic rings. The van der Waals surface area contributed by atoms with E-state index in [1.165, 1.54) is 11.1 Å². The summed E-state index contributed by atoms with van der Waals surface area (Å²) in [7, 11) is -6.61. The molecule has 0 unspecified atom stereocenters. The van der Waals surface area contributed by atoms with Crippen molar-refractivity contribution in [3.8, 4) is 11.1 Å². The van der Waals surface area contributed by atoms with Gasteiger partial charge in [-0.1, -0.05) is 60.7 Å². The Morgan fingerprint density at radius 2 is 0.778 bits per heavy atom. The van der Waals surface area contributed by atoms with E-state index >= 15 is 0 Å². The van der Waals surface area contributed by atoms with Crippen LogP contribution in [0.3, 0.4) is 0 Å². The van der Waals surface area contributed by atoms with Crippen molar-refractivity contribution in [1.29, 1.82) is 0 Å². The number of rotatable bonds is 1. The van der Waals surface area contributed by atoms with E-state index in [1.54, 1.807) is 0 Å². The second-order valence-electron chi connectivity index (χ2n) is 3.16. The maximum absolute atomic E-state index is 9.83. The Hall–Kier alpha value is -1.14. The molecule has 0 atom stereocenters. The molecule has 0 saturated heterocycles. The molecular formula is C12H11BrF4Si. The first kappa shape index (κ1) is 16.9. The predicted octanol–water partition coefficient (Wildman–Crippen LogP) is 5.23. The highest BCUT2D eigenvalue weighted by Gasteiger charge is 2.39. The molecule has 0 saturated carbocycles. The van der Waals surface area contributed by atoms with Gasteiger partial charge in [-0.25, -0.2) is 16.4 Å². The zero-order valence-electron chi connectivity index (χ0n) is 9.19. The third-order valence-corrected chi connectivity index (χ3v) is 1.88. The molecule has 0 radical (unpaired) electrons. The minimum absolute atomic E-state index is 0. The standard InChI is InChI=1S/C12H10.BrH.F4Si/c1-3-7-11(8-4-1)12-9-5-2-6-10-12;;1-5(2,3)4/h1-10H;1H;. The topological polar surface area (TPSA) is 0 Å². The van der Waals surface area contributed by atoms with Crippen LogP contribution in [0.2, 0.25) is 0 Å². The summed E-state index contributed by atoms with van der Waals surface area (Å²) in [5.41, 5.74) is 2.55. The molecule has 0 N–H and O–H groups in total. The lowest BCUT2D eigenvalue weighted by molar-refractivity contribution is 0.368. The van der Waals surface area contributed by atoms with Crippen molar-refractivity contribution in [3.63, 3.8) is 0 Å². The number of benzene rings is 2. The quantitative estimate of drug-likeness (QED) is 0.379. The van der Waals surface area contributed by atoms with Crippen LogP contribution in [-0.2, 0) is 0 Å². The van der Waals surface area contributed by atoms with E-state index in [4.69, 9.17) is 0 Å². The van der Waals surface area contributed by atoms with Gasteiger partial charge in [0, 0.05) is 0 Å². The Labute approximate surface area is 115 Å². The lowest BCUT2D eigenvalue weighted by Gasteiger charge is -1.98. The lowest BCUT2D eigenvalue weighted by Crippen LogP contribution is -2.02. The van der Waals surface area contributed by atoms with Crippen molar-refractivity contribution in [2.75, 3.05) is 0 Å².